The highest BCUT2D eigenvalue weighted by molar-refractivity contribution is 7.89. The Morgan fingerprint density at radius 3 is 2.79 bits per heavy atom. The van der Waals surface area contributed by atoms with Crippen LogP contribution in [0.4, 0.5) is 10.4 Å². The molecule has 1 aliphatic heterocycles. The third-order valence-electron chi connectivity index (χ3n) is 4.53. The molecule has 1 aliphatic rings. The monoisotopic (exact) mass is 436 g/mol. The number of amides is 1. The van der Waals surface area contributed by atoms with Gasteiger partial charge in [0.25, 0.3) is 0 Å². The Balaban J connectivity index is 1.46. The molecule has 1 amide bonds. The number of nitrogens with zero attached hydrogens (tertiary/aromatic N) is 3. The predicted molar refractivity (Wildman–Crippen MR) is 103 cm³/mol. The van der Waals surface area contributed by atoms with E-state index in [1.807, 2.05) is 17.5 Å². The Labute approximate surface area is 170 Å². The zero-order valence-corrected chi connectivity index (χ0v) is 16.7. The first kappa shape index (κ1) is 19.7. The highest BCUT2D eigenvalue weighted by atomic mass is 32.2. The molecule has 2 aromatic heterocycles. The van der Waals surface area contributed by atoms with Crippen molar-refractivity contribution in [2.75, 3.05) is 11.9 Å². The number of benzene rings is 1. The van der Waals surface area contributed by atoms with Gasteiger partial charge in [0.05, 0.1) is 11.3 Å². The molecule has 1 saturated heterocycles. The largest absolute Gasteiger partial charge is 0.407 e. The molecular weight excluding hydrogens is 419 g/mol. The maximum Gasteiger partial charge on any atom is 0.322 e. The molecular formula is C18H17FN4O4S2. The van der Waals surface area contributed by atoms with Crippen LogP contribution >= 0.6 is 11.3 Å². The van der Waals surface area contributed by atoms with Gasteiger partial charge in [-0.25, -0.2) is 12.8 Å². The number of halogens is 1. The van der Waals surface area contributed by atoms with Gasteiger partial charge in [-0.2, -0.15) is 4.31 Å². The van der Waals surface area contributed by atoms with Gasteiger partial charge in [-0.05, 0) is 48.6 Å². The maximum atomic E-state index is 13.1. The lowest BCUT2D eigenvalue weighted by Crippen LogP contribution is -2.43. The van der Waals surface area contributed by atoms with Crippen molar-refractivity contribution in [1.29, 1.82) is 0 Å². The van der Waals surface area contributed by atoms with E-state index in [1.165, 1.54) is 12.1 Å². The average Bonchev–Trinajstić information content (AvgIpc) is 3.44. The Hall–Kier alpha value is -2.63. The molecule has 0 spiro atoms. The van der Waals surface area contributed by atoms with Gasteiger partial charge in [-0.15, -0.1) is 16.4 Å². The maximum absolute atomic E-state index is 13.1. The van der Waals surface area contributed by atoms with E-state index >= 15 is 0 Å². The van der Waals surface area contributed by atoms with Crippen molar-refractivity contribution >= 4 is 33.3 Å². The van der Waals surface area contributed by atoms with Crippen LogP contribution in [0.15, 0.2) is 51.1 Å². The lowest BCUT2D eigenvalue weighted by molar-refractivity contribution is -0.119. The Bertz CT molecular complexity index is 1100. The van der Waals surface area contributed by atoms with Gasteiger partial charge in [0.2, 0.25) is 21.8 Å². The molecule has 0 aliphatic carbocycles. The molecule has 4 rings (SSSR count). The van der Waals surface area contributed by atoms with E-state index in [9.17, 15) is 17.6 Å². The molecule has 0 saturated carbocycles. The normalized spacial score (nSPS) is 17.5. The Morgan fingerprint density at radius 1 is 1.28 bits per heavy atom. The molecule has 0 bridgehead atoms. The topological polar surface area (TPSA) is 105 Å². The molecule has 3 aromatic rings. The van der Waals surface area contributed by atoms with Gasteiger partial charge in [-0.1, -0.05) is 11.2 Å². The van der Waals surface area contributed by atoms with Gasteiger partial charge in [0.15, 0.2) is 0 Å². The number of carbonyl (C=O) groups is 1. The number of anilines is 1. The molecule has 3 heterocycles. The van der Waals surface area contributed by atoms with Gasteiger partial charge in [0, 0.05) is 11.4 Å². The van der Waals surface area contributed by atoms with Crippen LogP contribution in [0.1, 0.15) is 23.6 Å². The standard InChI is InChI=1S/C18H17FN4O4S2/c19-12-5-7-14(8-6-12)29(25,26)23-9-1-4-15(23)17(24)20-18-22-21-16(27-18)11-13-3-2-10-28-13/h2-3,5-8,10,15H,1,4,9,11H2,(H,20,22,24)/t15-/m1/s1. The number of thiophene rings is 1. The third kappa shape index (κ3) is 4.21. The molecule has 0 radical (unpaired) electrons. The summed E-state index contributed by atoms with van der Waals surface area (Å²) in [6.45, 7) is 0.200. The van der Waals surface area contributed by atoms with Gasteiger partial charge in [-0.3, -0.25) is 10.1 Å². The quantitative estimate of drug-likeness (QED) is 0.637. The molecule has 1 aromatic carbocycles. The third-order valence-corrected chi connectivity index (χ3v) is 7.33. The summed E-state index contributed by atoms with van der Waals surface area (Å²) in [6.07, 6.45) is 1.35. The molecule has 152 valence electrons. The minimum absolute atomic E-state index is 0.0605. The first-order chi connectivity index (χ1) is 13.9. The summed E-state index contributed by atoms with van der Waals surface area (Å²) in [4.78, 5) is 13.7. The van der Waals surface area contributed by atoms with Crippen LogP contribution in [0.2, 0.25) is 0 Å². The van der Waals surface area contributed by atoms with Crippen molar-refractivity contribution in [2.45, 2.75) is 30.2 Å². The fourth-order valence-corrected chi connectivity index (χ4v) is 5.51. The number of hydrogen-bond donors (Lipinski definition) is 1. The number of rotatable bonds is 6. The lowest BCUT2D eigenvalue weighted by Gasteiger charge is -2.22. The van der Waals surface area contributed by atoms with Crippen LogP contribution in [0.25, 0.3) is 0 Å². The van der Waals surface area contributed by atoms with Crippen molar-refractivity contribution in [3.05, 3.63) is 58.4 Å². The lowest BCUT2D eigenvalue weighted by atomic mass is 10.2. The molecule has 8 nitrogen and oxygen atoms in total. The van der Waals surface area contributed by atoms with E-state index in [1.54, 1.807) is 11.3 Å². The molecule has 1 N–H and O–H groups in total. The second-order valence-corrected chi connectivity index (χ2v) is 9.40. The number of sulfonamides is 1. The van der Waals surface area contributed by atoms with Crippen LogP contribution < -0.4 is 5.32 Å². The average molecular weight is 436 g/mol. The van der Waals surface area contributed by atoms with E-state index < -0.39 is 27.8 Å². The first-order valence-electron chi connectivity index (χ1n) is 8.86. The van der Waals surface area contributed by atoms with E-state index in [-0.39, 0.29) is 17.5 Å². The summed E-state index contributed by atoms with van der Waals surface area (Å²) >= 11 is 1.55. The summed E-state index contributed by atoms with van der Waals surface area (Å²) in [5, 5.41) is 12.2. The Kier molecular flexibility index (Phi) is 5.43. The van der Waals surface area contributed by atoms with Crippen molar-refractivity contribution < 1.29 is 22.0 Å². The first-order valence-corrected chi connectivity index (χ1v) is 11.2. The van der Waals surface area contributed by atoms with Crippen LogP contribution in [-0.2, 0) is 21.2 Å². The van der Waals surface area contributed by atoms with Crippen molar-refractivity contribution in [1.82, 2.24) is 14.5 Å². The zero-order valence-electron chi connectivity index (χ0n) is 15.1. The number of hydrogen-bond acceptors (Lipinski definition) is 7. The predicted octanol–water partition coefficient (Wildman–Crippen LogP) is 2.65. The summed E-state index contributed by atoms with van der Waals surface area (Å²) < 4.78 is 45.4. The fraction of sp³-hybridized carbons (Fsp3) is 0.278. The van der Waals surface area contributed by atoms with Crippen molar-refractivity contribution in [2.24, 2.45) is 0 Å². The van der Waals surface area contributed by atoms with Gasteiger partial charge < -0.3 is 4.42 Å². The highest BCUT2D eigenvalue weighted by Gasteiger charge is 2.39. The molecule has 1 atom stereocenters. The van der Waals surface area contributed by atoms with E-state index in [0.717, 1.165) is 21.3 Å². The van der Waals surface area contributed by atoms with Crippen molar-refractivity contribution in [3.63, 3.8) is 0 Å². The van der Waals surface area contributed by atoms with E-state index in [2.05, 4.69) is 15.5 Å². The molecule has 1 fully saturated rings. The fourth-order valence-electron chi connectivity index (χ4n) is 3.16. The minimum atomic E-state index is -3.93. The van der Waals surface area contributed by atoms with E-state index in [0.29, 0.717) is 25.2 Å². The zero-order chi connectivity index (χ0) is 20.4. The SMILES string of the molecule is O=C(Nc1nnc(Cc2cccs2)o1)[C@H]1CCCN1S(=O)(=O)c1ccc(F)cc1. The highest BCUT2D eigenvalue weighted by Crippen LogP contribution is 2.27. The smallest absolute Gasteiger partial charge is 0.322 e. The van der Waals surface area contributed by atoms with Crippen LogP contribution in [0, 0.1) is 5.82 Å². The second kappa shape index (κ2) is 8.01. The summed E-state index contributed by atoms with van der Waals surface area (Å²) in [7, 11) is -3.93. The molecule has 29 heavy (non-hydrogen) atoms. The molecule has 11 heteroatoms. The summed E-state index contributed by atoms with van der Waals surface area (Å²) in [5.74, 6) is -0.723. The molecule has 0 unspecified atom stereocenters. The summed E-state index contributed by atoms with van der Waals surface area (Å²) in [5.41, 5.74) is 0. The summed E-state index contributed by atoms with van der Waals surface area (Å²) in [6, 6.07) is 7.39. The van der Waals surface area contributed by atoms with E-state index in [4.69, 9.17) is 4.42 Å². The van der Waals surface area contributed by atoms with Gasteiger partial charge in [0.1, 0.15) is 11.9 Å². The van der Waals surface area contributed by atoms with Crippen LogP contribution in [-0.4, -0.2) is 41.4 Å². The number of nitrogens with one attached hydrogen (secondary N) is 1. The van der Waals surface area contributed by atoms with Crippen molar-refractivity contribution in [3.8, 4) is 0 Å². The number of carbonyl (C=O) groups excluding carboxylic acids is 1. The minimum Gasteiger partial charge on any atom is -0.407 e. The number of aromatic nitrogens is 2. The van der Waals surface area contributed by atoms with Gasteiger partial charge >= 0.3 is 6.01 Å². The second-order valence-electron chi connectivity index (χ2n) is 6.47. The van der Waals surface area contributed by atoms with Crippen LogP contribution in [0.3, 0.4) is 0 Å². The van der Waals surface area contributed by atoms with Crippen LogP contribution in [0.5, 0.6) is 0 Å². The Morgan fingerprint density at radius 2 is 2.07 bits per heavy atom.